The maximum Gasteiger partial charge on any atom is 0.335 e. The molecule has 2 N–H and O–H groups in total. The van der Waals surface area contributed by atoms with E-state index in [9.17, 15) is 9.90 Å². The number of aliphatic carboxylic acids is 1. The molecule has 0 bridgehead atoms. The number of aliphatic hydroxyl groups excluding tert-OH is 1. The van der Waals surface area contributed by atoms with Crippen LogP contribution in [0.25, 0.3) is 5.57 Å². The highest BCUT2D eigenvalue weighted by atomic mass is 16.4. The Balaban J connectivity index is 2.34. The van der Waals surface area contributed by atoms with Gasteiger partial charge in [0.1, 0.15) is 6.10 Å². The lowest BCUT2D eigenvalue weighted by Crippen LogP contribution is -2.02. The van der Waals surface area contributed by atoms with Crippen LogP contribution in [0, 0.1) is 0 Å². The van der Waals surface area contributed by atoms with Crippen molar-refractivity contribution in [3.05, 3.63) is 77.9 Å². The molecule has 3 heteroatoms. The standard InChI is InChI=1S/C16H14O3/c1-11(16(18)19)13-8-5-9-14(10-13)15(17)12-6-3-2-4-7-12/h2-10,15,17H,1H2,(H,18,19). The largest absolute Gasteiger partial charge is 0.478 e. The lowest BCUT2D eigenvalue weighted by atomic mass is 9.97. The van der Waals surface area contributed by atoms with Gasteiger partial charge >= 0.3 is 5.97 Å². The molecule has 0 aliphatic rings. The first kappa shape index (κ1) is 13.1. The second-order valence-electron chi connectivity index (χ2n) is 4.22. The Morgan fingerprint density at radius 3 is 2.26 bits per heavy atom. The van der Waals surface area contributed by atoms with Gasteiger partial charge in [-0.2, -0.15) is 0 Å². The zero-order valence-corrected chi connectivity index (χ0v) is 10.3. The molecule has 1 unspecified atom stereocenters. The monoisotopic (exact) mass is 254 g/mol. The second kappa shape index (κ2) is 5.50. The smallest absolute Gasteiger partial charge is 0.335 e. The van der Waals surface area contributed by atoms with Crippen molar-refractivity contribution in [3.63, 3.8) is 0 Å². The Morgan fingerprint density at radius 1 is 1.00 bits per heavy atom. The summed E-state index contributed by atoms with van der Waals surface area (Å²) in [7, 11) is 0. The molecule has 0 heterocycles. The molecular formula is C16H14O3. The molecule has 2 rings (SSSR count). The van der Waals surface area contributed by atoms with E-state index >= 15 is 0 Å². The summed E-state index contributed by atoms with van der Waals surface area (Å²) in [6.45, 7) is 3.52. The predicted molar refractivity (Wildman–Crippen MR) is 73.6 cm³/mol. The van der Waals surface area contributed by atoms with Gasteiger partial charge in [0.2, 0.25) is 0 Å². The van der Waals surface area contributed by atoms with Crippen molar-refractivity contribution in [2.45, 2.75) is 6.10 Å². The van der Waals surface area contributed by atoms with E-state index in [1.54, 1.807) is 24.3 Å². The summed E-state index contributed by atoms with van der Waals surface area (Å²) in [5.74, 6) is -1.06. The first-order valence-corrected chi connectivity index (χ1v) is 5.85. The van der Waals surface area contributed by atoms with E-state index in [4.69, 9.17) is 5.11 Å². The van der Waals surface area contributed by atoms with Gasteiger partial charge in [0.25, 0.3) is 0 Å². The molecule has 0 saturated carbocycles. The van der Waals surface area contributed by atoms with E-state index in [1.807, 2.05) is 30.3 Å². The van der Waals surface area contributed by atoms with Crippen molar-refractivity contribution in [2.24, 2.45) is 0 Å². The number of rotatable bonds is 4. The van der Waals surface area contributed by atoms with Crippen molar-refractivity contribution in [1.29, 1.82) is 0 Å². The highest BCUT2D eigenvalue weighted by Crippen LogP contribution is 2.24. The molecule has 19 heavy (non-hydrogen) atoms. The number of hydrogen-bond acceptors (Lipinski definition) is 2. The van der Waals surface area contributed by atoms with Gasteiger partial charge in [-0.05, 0) is 22.8 Å². The van der Waals surface area contributed by atoms with E-state index in [2.05, 4.69) is 6.58 Å². The number of carboxylic acids is 1. The summed E-state index contributed by atoms with van der Waals surface area (Å²) in [5.41, 5.74) is 1.92. The zero-order valence-electron chi connectivity index (χ0n) is 10.3. The van der Waals surface area contributed by atoms with Gasteiger partial charge in [-0.25, -0.2) is 4.79 Å². The Labute approximate surface area is 111 Å². The number of aliphatic hydroxyl groups is 1. The summed E-state index contributed by atoms with van der Waals surface area (Å²) in [5, 5.41) is 19.2. The molecule has 0 saturated heterocycles. The average molecular weight is 254 g/mol. The first-order valence-electron chi connectivity index (χ1n) is 5.85. The Bertz CT molecular complexity index is 602. The van der Waals surface area contributed by atoms with Crippen LogP contribution >= 0.6 is 0 Å². The minimum Gasteiger partial charge on any atom is -0.478 e. The molecular weight excluding hydrogens is 240 g/mol. The maximum atomic E-state index is 10.9. The lowest BCUT2D eigenvalue weighted by Gasteiger charge is -2.12. The van der Waals surface area contributed by atoms with Crippen LogP contribution in [0.2, 0.25) is 0 Å². The van der Waals surface area contributed by atoms with Crippen LogP contribution in [-0.2, 0) is 4.79 Å². The van der Waals surface area contributed by atoms with Crippen molar-refractivity contribution in [3.8, 4) is 0 Å². The van der Waals surface area contributed by atoms with Crippen molar-refractivity contribution in [2.75, 3.05) is 0 Å². The molecule has 3 nitrogen and oxygen atoms in total. The number of hydrogen-bond donors (Lipinski definition) is 2. The molecule has 2 aromatic rings. The van der Waals surface area contributed by atoms with Crippen molar-refractivity contribution in [1.82, 2.24) is 0 Å². The van der Waals surface area contributed by atoms with Gasteiger partial charge < -0.3 is 10.2 Å². The highest BCUT2D eigenvalue weighted by Gasteiger charge is 2.13. The maximum absolute atomic E-state index is 10.9. The fourth-order valence-corrected chi connectivity index (χ4v) is 1.85. The topological polar surface area (TPSA) is 57.5 Å². The van der Waals surface area contributed by atoms with Crippen LogP contribution in [0.4, 0.5) is 0 Å². The van der Waals surface area contributed by atoms with E-state index < -0.39 is 12.1 Å². The van der Waals surface area contributed by atoms with Crippen LogP contribution in [-0.4, -0.2) is 16.2 Å². The minimum atomic E-state index is -1.06. The minimum absolute atomic E-state index is 0.0158. The number of carboxylic acid groups (broad SMARTS) is 1. The fourth-order valence-electron chi connectivity index (χ4n) is 1.85. The van der Waals surface area contributed by atoms with Gasteiger partial charge in [-0.1, -0.05) is 55.1 Å². The molecule has 0 aliphatic carbocycles. The molecule has 0 radical (unpaired) electrons. The molecule has 0 fully saturated rings. The van der Waals surface area contributed by atoms with Crippen LogP contribution in [0.5, 0.6) is 0 Å². The van der Waals surface area contributed by atoms with Gasteiger partial charge in [0.05, 0.1) is 5.57 Å². The predicted octanol–water partition coefficient (Wildman–Crippen LogP) is 2.87. The second-order valence-corrected chi connectivity index (χ2v) is 4.22. The Morgan fingerprint density at radius 2 is 1.63 bits per heavy atom. The quantitative estimate of drug-likeness (QED) is 0.825. The number of benzene rings is 2. The molecule has 0 amide bonds. The van der Waals surface area contributed by atoms with Crippen LogP contribution in [0.15, 0.2) is 61.2 Å². The molecule has 1 atom stereocenters. The van der Waals surface area contributed by atoms with E-state index in [0.29, 0.717) is 11.1 Å². The van der Waals surface area contributed by atoms with Crippen molar-refractivity contribution >= 4 is 11.5 Å². The third kappa shape index (κ3) is 2.89. The molecule has 0 spiro atoms. The summed E-state index contributed by atoms with van der Waals surface area (Å²) >= 11 is 0. The first-order chi connectivity index (χ1) is 9.09. The summed E-state index contributed by atoms with van der Waals surface area (Å²) in [6.07, 6.45) is -0.775. The van der Waals surface area contributed by atoms with Crippen LogP contribution < -0.4 is 0 Å². The summed E-state index contributed by atoms with van der Waals surface area (Å²) < 4.78 is 0. The third-order valence-corrected chi connectivity index (χ3v) is 2.92. The number of carbonyl (C=O) groups is 1. The van der Waals surface area contributed by atoms with Crippen LogP contribution in [0.1, 0.15) is 22.8 Å². The summed E-state index contributed by atoms with van der Waals surface area (Å²) in [4.78, 5) is 10.9. The van der Waals surface area contributed by atoms with Gasteiger partial charge in [0, 0.05) is 0 Å². The molecule has 0 aromatic heterocycles. The highest BCUT2D eigenvalue weighted by molar-refractivity contribution is 6.14. The van der Waals surface area contributed by atoms with Gasteiger partial charge in [-0.15, -0.1) is 0 Å². The van der Waals surface area contributed by atoms with E-state index in [1.165, 1.54) is 0 Å². The lowest BCUT2D eigenvalue weighted by molar-refractivity contribution is -0.130. The van der Waals surface area contributed by atoms with Crippen LogP contribution in [0.3, 0.4) is 0 Å². The Hall–Kier alpha value is -2.39. The molecule has 96 valence electrons. The van der Waals surface area contributed by atoms with Crippen molar-refractivity contribution < 1.29 is 15.0 Å². The average Bonchev–Trinajstić information content (AvgIpc) is 2.46. The van der Waals surface area contributed by atoms with E-state index in [0.717, 1.165) is 5.56 Å². The third-order valence-electron chi connectivity index (χ3n) is 2.92. The zero-order chi connectivity index (χ0) is 13.8. The molecule has 0 aliphatic heterocycles. The Kier molecular flexibility index (Phi) is 3.78. The van der Waals surface area contributed by atoms with E-state index in [-0.39, 0.29) is 5.57 Å². The molecule has 2 aromatic carbocycles. The van der Waals surface area contributed by atoms with Gasteiger partial charge in [0.15, 0.2) is 0 Å². The summed E-state index contributed by atoms with van der Waals surface area (Å²) in [6, 6.07) is 16.0. The normalized spacial score (nSPS) is 11.8. The SMILES string of the molecule is C=C(C(=O)O)c1cccc(C(O)c2ccccc2)c1. The van der Waals surface area contributed by atoms with Gasteiger partial charge in [-0.3, -0.25) is 0 Å². The fraction of sp³-hybridized carbons (Fsp3) is 0.0625.